The molecule has 0 heterocycles. The number of rotatable bonds is 6. The van der Waals surface area contributed by atoms with Gasteiger partial charge in [-0.3, -0.25) is 0 Å². The lowest BCUT2D eigenvalue weighted by Gasteiger charge is -2.12. The fourth-order valence-electron chi connectivity index (χ4n) is 3.25. The molecule has 4 nitrogen and oxygen atoms in total. The zero-order valence-electron chi connectivity index (χ0n) is 13.4. The van der Waals surface area contributed by atoms with Gasteiger partial charge in [-0.25, -0.2) is 8.42 Å². The molecule has 24 heavy (non-hydrogen) atoms. The monoisotopic (exact) mass is 365 g/mol. The molecule has 1 aliphatic rings. The summed E-state index contributed by atoms with van der Waals surface area (Å²) in [6.07, 6.45) is 0. The molecule has 0 amide bonds. The Hall–Kier alpha value is -1.40. The fourth-order valence-corrected chi connectivity index (χ4v) is 5.69. The molecule has 0 aliphatic heterocycles. The van der Waals surface area contributed by atoms with E-state index in [1.807, 2.05) is 19.1 Å². The van der Waals surface area contributed by atoms with Crippen LogP contribution in [-0.2, 0) is 14.6 Å². The minimum atomic E-state index is -3.55. The van der Waals surface area contributed by atoms with Gasteiger partial charge < -0.3 is 10.5 Å². The van der Waals surface area contributed by atoms with Crippen molar-refractivity contribution in [3.8, 4) is 0 Å². The van der Waals surface area contributed by atoms with Crippen LogP contribution in [-0.4, -0.2) is 32.4 Å². The lowest BCUT2D eigenvalue weighted by Crippen LogP contribution is -2.36. The maximum Gasteiger partial charge on any atom is 0.183 e. The zero-order valence-corrected chi connectivity index (χ0v) is 14.9. The van der Waals surface area contributed by atoms with E-state index in [1.54, 1.807) is 42.5 Å². The number of hydrogen-bond donors (Lipinski definition) is 1. The number of ether oxygens (including phenoxy) is 1. The molecule has 6 heteroatoms. The summed E-state index contributed by atoms with van der Waals surface area (Å²) >= 11 is 5.94. The minimum absolute atomic E-state index is 0.202. The first-order valence-corrected chi connectivity index (χ1v) is 9.74. The summed E-state index contributed by atoms with van der Waals surface area (Å²) in [5, 5.41) is -0.102. The van der Waals surface area contributed by atoms with Crippen molar-refractivity contribution in [1.82, 2.24) is 0 Å². The second-order valence-electron chi connectivity index (χ2n) is 6.06. The number of nitrogens with two attached hydrogens (primary N) is 1. The topological polar surface area (TPSA) is 69.4 Å². The molecular formula is C18H20ClNO3S. The van der Waals surface area contributed by atoms with Crippen LogP contribution in [0.1, 0.15) is 18.4 Å². The molecule has 128 valence electrons. The Morgan fingerprint density at radius 2 is 1.75 bits per heavy atom. The van der Waals surface area contributed by atoms with E-state index in [9.17, 15) is 8.42 Å². The number of benzene rings is 2. The quantitative estimate of drug-likeness (QED) is 0.854. The molecule has 0 bridgehead atoms. The molecule has 3 atom stereocenters. The molecule has 0 spiro atoms. The number of halogens is 1. The fraction of sp³-hybridized carbons (Fsp3) is 0.333. The number of hydrogen-bond acceptors (Lipinski definition) is 4. The van der Waals surface area contributed by atoms with Crippen molar-refractivity contribution in [2.75, 3.05) is 13.2 Å². The third-order valence-corrected chi connectivity index (χ3v) is 7.05. The lowest BCUT2D eigenvalue weighted by molar-refractivity contribution is 0.125. The summed E-state index contributed by atoms with van der Waals surface area (Å²) in [7, 11) is -3.55. The Kier molecular flexibility index (Phi) is 4.71. The average molecular weight is 366 g/mol. The van der Waals surface area contributed by atoms with Gasteiger partial charge in [-0.1, -0.05) is 41.9 Å². The van der Waals surface area contributed by atoms with Crippen molar-refractivity contribution in [3.05, 3.63) is 65.2 Å². The van der Waals surface area contributed by atoms with Gasteiger partial charge in [0.1, 0.15) is 0 Å². The van der Waals surface area contributed by atoms with Crippen LogP contribution in [0.15, 0.2) is 59.5 Å². The van der Waals surface area contributed by atoms with E-state index in [0.29, 0.717) is 11.6 Å². The molecule has 1 fully saturated rings. The van der Waals surface area contributed by atoms with E-state index in [4.69, 9.17) is 22.1 Å². The van der Waals surface area contributed by atoms with E-state index in [-0.39, 0.29) is 17.4 Å². The van der Waals surface area contributed by atoms with Gasteiger partial charge in [-0.05, 0) is 36.8 Å². The van der Waals surface area contributed by atoms with Crippen LogP contribution in [0.2, 0.25) is 5.02 Å². The van der Waals surface area contributed by atoms with Gasteiger partial charge in [0.05, 0.1) is 22.3 Å². The highest BCUT2D eigenvalue weighted by Crippen LogP contribution is 2.55. The smallest absolute Gasteiger partial charge is 0.183 e. The number of sulfone groups is 1. The van der Waals surface area contributed by atoms with Crippen LogP contribution in [0.25, 0.3) is 0 Å². The molecule has 0 unspecified atom stereocenters. The Bertz CT molecular complexity index is 808. The largest absolute Gasteiger partial charge is 0.380 e. The minimum Gasteiger partial charge on any atom is -0.380 e. The van der Waals surface area contributed by atoms with E-state index < -0.39 is 20.6 Å². The van der Waals surface area contributed by atoms with Crippen LogP contribution in [0.5, 0.6) is 0 Å². The first-order chi connectivity index (χ1) is 11.4. The Labute approximate surface area is 147 Å². The highest BCUT2D eigenvalue weighted by atomic mass is 35.5. The zero-order chi connectivity index (χ0) is 17.4. The van der Waals surface area contributed by atoms with Gasteiger partial charge in [0.15, 0.2) is 9.84 Å². The van der Waals surface area contributed by atoms with Crippen molar-refractivity contribution in [3.63, 3.8) is 0 Å². The molecule has 3 rings (SSSR count). The van der Waals surface area contributed by atoms with Crippen LogP contribution in [0, 0.1) is 0 Å². The van der Waals surface area contributed by atoms with Crippen LogP contribution >= 0.6 is 11.6 Å². The van der Waals surface area contributed by atoms with E-state index in [0.717, 1.165) is 5.56 Å². The molecule has 1 saturated carbocycles. The molecule has 1 aliphatic carbocycles. The third-order valence-electron chi connectivity index (χ3n) is 4.49. The summed E-state index contributed by atoms with van der Waals surface area (Å²) in [5.74, 6) is -0.313. The normalized spacial score (nSPS) is 26.3. The highest BCUT2D eigenvalue weighted by Gasteiger charge is 2.69. The average Bonchev–Trinajstić information content (AvgIpc) is 3.21. The van der Waals surface area contributed by atoms with Gasteiger partial charge in [0.2, 0.25) is 0 Å². The molecule has 0 radical (unpaired) electrons. The molecule has 0 aromatic heterocycles. The predicted octanol–water partition coefficient (Wildman–Crippen LogP) is 3.01. The molecule has 2 aromatic carbocycles. The van der Waals surface area contributed by atoms with Crippen molar-refractivity contribution in [1.29, 1.82) is 0 Å². The maximum absolute atomic E-state index is 13.1. The SMILES string of the molecule is CCOC[C@]1(N)[C@H](c2ccc(Cl)cc2)[C@@H]1S(=O)(=O)c1ccccc1. The second kappa shape index (κ2) is 6.48. The van der Waals surface area contributed by atoms with Crippen LogP contribution in [0.4, 0.5) is 0 Å². The Morgan fingerprint density at radius 1 is 1.12 bits per heavy atom. The van der Waals surface area contributed by atoms with Crippen LogP contribution < -0.4 is 5.73 Å². The first-order valence-electron chi connectivity index (χ1n) is 7.82. The lowest BCUT2D eigenvalue weighted by atomic mass is 10.1. The van der Waals surface area contributed by atoms with Gasteiger partial charge in [-0.15, -0.1) is 0 Å². The van der Waals surface area contributed by atoms with Gasteiger partial charge in [0, 0.05) is 17.5 Å². The van der Waals surface area contributed by atoms with Crippen molar-refractivity contribution < 1.29 is 13.2 Å². The van der Waals surface area contributed by atoms with Crippen molar-refractivity contribution >= 4 is 21.4 Å². The molecular weight excluding hydrogens is 346 g/mol. The predicted molar refractivity (Wildman–Crippen MR) is 95.0 cm³/mol. The van der Waals surface area contributed by atoms with Gasteiger partial charge in [0.25, 0.3) is 0 Å². The molecule has 2 N–H and O–H groups in total. The second-order valence-corrected chi connectivity index (χ2v) is 8.56. The van der Waals surface area contributed by atoms with Crippen LogP contribution in [0.3, 0.4) is 0 Å². The first kappa shape index (κ1) is 17.4. The van der Waals surface area contributed by atoms with E-state index in [1.165, 1.54) is 0 Å². The summed E-state index contributed by atoms with van der Waals surface area (Å²) in [5.41, 5.74) is 6.41. The maximum atomic E-state index is 13.1. The molecule has 0 saturated heterocycles. The Morgan fingerprint density at radius 3 is 2.33 bits per heavy atom. The van der Waals surface area contributed by atoms with Crippen molar-refractivity contribution in [2.24, 2.45) is 5.73 Å². The summed E-state index contributed by atoms with van der Waals surface area (Å²) in [4.78, 5) is 0.290. The van der Waals surface area contributed by atoms with Crippen molar-refractivity contribution in [2.45, 2.75) is 28.5 Å². The molecule has 2 aromatic rings. The summed E-state index contributed by atoms with van der Waals surface area (Å²) < 4.78 is 31.6. The highest BCUT2D eigenvalue weighted by molar-refractivity contribution is 7.92. The van der Waals surface area contributed by atoms with E-state index >= 15 is 0 Å². The van der Waals surface area contributed by atoms with Gasteiger partial charge >= 0.3 is 0 Å². The Balaban J connectivity index is 1.99. The standard InChI is InChI=1S/C18H20ClNO3S/c1-2-23-12-18(20)16(13-8-10-14(19)11-9-13)17(18)24(21,22)15-6-4-3-5-7-15/h3-11,16-17H,2,12,20H2,1H3/t16-,17+,18+/m1/s1. The summed E-state index contributed by atoms with van der Waals surface area (Å²) in [6, 6.07) is 15.6. The third kappa shape index (κ3) is 2.97. The summed E-state index contributed by atoms with van der Waals surface area (Å²) in [6.45, 7) is 2.56. The van der Waals surface area contributed by atoms with Gasteiger partial charge in [-0.2, -0.15) is 0 Å². The van der Waals surface area contributed by atoms with E-state index in [2.05, 4.69) is 0 Å².